The first-order valence-electron chi connectivity index (χ1n) is 6.67. The molecular formula is C15H21NO2. The molecule has 1 aromatic carbocycles. The van der Waals surface area contributed by atoms with E-state index in [0.29, 0.717) is 0 Å². The molecule has 3 rings (SSSR count). The number of benzene rings is 1. The molecule has 1 heterocycles. The maximum atomic E-state index is 5.90. The van der Waals surface area contributed by atoms with Crippen LogP contribution in [0, 0.1) is 5.41 Å². The molecule has 1 aliphatic carbocycles. The highest BCUT2D eigenvalue weighted by atomic mass is 16.5. The lowest BCUT2D eigenvalue weighted by Gasteiger charge is -2.37. The van der Waals surface area contributed by atoms with Gasteiger partial charge < -0.3 is 15.2 Å². The van der Waals surface area contributed by atoms with Gasteiger partial charge in [-0.1, -0.05) is 19.1 Å². The first-order chi connectivity index (χ1) is 8.66. The van der Waals surface area contributed by atoms with E-state index in [0.717, 1.165) is 32.1 Å². The molecule has 2 N–H and O–H groups in total. The van der Waals surface area contributed by atoms with Gasteiger partial charge in [-0.2, -0.15) is 0 Å². The number of ether oxygens (including phenoxy) is 2. The average molecular weight is 247 g/mol. The summed E-state index contributed by atoms with van der Waals surface area (Å²) in [5.74, 6) is 0.959. The minimum absolute atomic E-state index is 0.196. The van der Waals surface area contributed by atoms with Gasteiger partial charge in [-0.05, 0) is 30.5 Å². The lowest BCUT2D eigenvalue weighted by atomic mass is 9.90. The Morgan fingerprint density at radius 1 is 1.33 bits per heavy atom. The van der Waals surface area contributed by atoms with Crippen LogP contribution in [0.4, 0.5) is 0 Å². The number of rotatable bonds is 5. The second-order valence-corrected chi connectivity index (χ2v) is 6.10. The number of nitrogens with two attached hydrogens (primary N) is 1. The SMILES string of the molecule is CC1(COc2cccc(C3(CN)CC3)c2)COC1. The van der Waals surface area contributed by atoms with Gasteiger partial charge in [0, 0.05) is 17.4 Å². The van der Waals surface area contributed by atoms with Crippen molar-refractivity contribution < 1.29 is 9.47 Å². The molecule has 3 heteroatoms. The largest absolute Gasteiger partial charge is 0.493 e. The second-order valence-electron chi connectivity index (χ2n) is 6.10. The molecule has 1 aromatic rings. The monoisotopic (exact) mass is 247 g/mol. The van der Waals surface area contributed by atoms with Gasteiger partial charge in [-0.3, -0.25) is 0 Å². The molecule has 98 valence electrons. The third-order valence-electron chi connectivity index (χ3n) is 4.18. The van der Waals surface area contributed by atoms with Crippen LogP contribution in [0.1, 0.15) is 25.3 Å². The van der Waals surface area contributed by atoms with Crippen LogP contribution in [-0.4, -0.2) is 26.4 Å². The van der Waals surface area contributed by atoms with E-state index in [9.17, 15) is 0 Å². The van der Waals surface area contributed by atoms with Crippen LogP contribution in [0.15, 0.2) is 24.3 Å². The summed E-state index contributed by atoms with van der Waals surface area (Å²) in [7, 11) is 0. The standard InChI is InChI=1S/C15H21NO2/c1-14(9-17-10-14)11-18-13-4-2-3-12(7-13)15(8-16)5-6-15/h2-4,7H,5-6,8-11,16H2,1H3. The zero-order valence-electron chi connectivity index (χ0n) is 10.9. The van der Waals surface area contributed by atoms with Gasteiger partial charge in [0.1, 0.15) is 5.75 Å². The molecule has 0 bridgehead atoms. The molecule has 18 heavy (non-hydrogen) atoms. The van der Waals surface area contributed by atoms with E-state index in [1.54, 1.807) is 0 Å². The van der Waals surface area contributed by atoms with Crippen molar-refractivity contribution in [2.24, 2.45) is 11.1 Å². The third kappa shape index (κ3) is 2.13. The van der Waals surface area contributed by atoms with Crippen molar-refractivity contribution in [3.8, 4) is 5.75 Å². The lowest BCUT2D eigenvalue weighted by Crippen LogP contribution is -2.44. The molecule has 1 aliphatic heterocycles. The quantitative estimate of drug-likeness (QED) is 0.866. The Hall–Kier alpha value is -1.06. The van der Waals surface area contributed by atoms with E-state index >= 15 is 0 Å². The van der Waals surface area contributed by atoms with Crippen LogP contribution in [-0.2, 0) is 10.2 Å². The predicted molar refractivity (Wildman–Crippen MR) is 70.8 cm³/mol. The molecule has 0 aromatic heterocycles. The van der Waals surface area contributed by atoms with Gasteiger partial charge >= 0.3 is 0 Å². The summed E-state index contributed by atoms with van der Waals surface area (Å²) in [6, 6.07) is 8.42. The Kier molecular flexibility index (Phi) is 2.83. The average Bonchev–Trinajstić information content (AvgIpc) is 3.15. The van der Waals surface area contributed by atoms with E-state index in [2.05, 4.69) is 25.1 Å². The highest BCUT2D eigenvalue weighted by molar-refractivity contribution is 5.37. The van der Waals surface area contributed by atoms with Crippen molar-refractivity contribution >= 4 is 0 Å². The summed E-state index contributed by atoms with van der Waals surface area (Å²) < 4.78 is 11.1. The topological polar surface area (TPSA) is 44.5 Å². The predicted octanol–water partition coefficient (Wildman–Crippen LogP) is 2.09. The molecule has 0 radical (unpaired) electrons. The number of hydrogen-bond donors (Lipinski definition) is 1. The molecule has 0 atom stereocenters. The van der Waals surface area contributed by atoms with E-state index in [4.69, 9.17) is 15.2 Å². The van der Waals surface area contributed by atoms with Gasteiger partial charge in [0.15, 0.2) is 0 Å². The normalized spacial score (nSPS) is 23.2. The number of hydrogen-bond acceptors (Lipinski definition) is 3. The summed E-state index contributed by atoms with van der Waals surface area (Å²) in [6.45, 7) is 5.27. The minimum atomic E-state index is 0.196. The van der Waals surface area contributed by atoms with Crippen molar-refractivity contribution in [1.82, 2.24) is 0 Å². The van der Waals surface area contributed by atoms with Crippen molar-refractivity contribution in [2.45, 2.75) is 25.2 Å². The van der Waals surface area contributed by atoms with Crippen LogP contribution in [0.2, 0.25) is 0 Å². The first kappa shape index (κ1) is 12.0. The highest BCUT2D eigenvalue weighted by Gasteiger charge is 2.43. The van der Waals surface area contributed by atoms with Crippen LogP contribution in [0.25, 0.3) is 0 Å². The highest BCUT2D eigenvalue weighted by Crippen LogP contribution is 2.47. The van der Waals surface area contributed by atoms with E-state index < -0.39 is 0 Å². The fourth-order valence-electron chi connectivity index (χ4n) is 2.47. The van der Waals surface area contributed by atoms with E-state index in [-0.39, 0.29) is 10.8 Å². The smallest absolute Gasteiger partial charge is 0.119 e. The van der Waals surface area contributed by atoms with Crippen molar-refractivity contribution in [2.75, 3.05) is 26.4 Å². The molecule has 0 amide bonds. The minimum Gasteiger partial charge on any atom is -0.493 e. The van der Waals surface area contributed by atoms with Crippen LogP contribution in [0.5, 0.6) is 5.75 Å². The molecule has 1 saturated carbocycles. The first-order valence-corrected chi connectivity index (χ1v) is 6.67. The molecule has 0 spiro atoms. The van der Waals surface area contributed by atoms with Crippen molar-refractivity contribution in [3.63, 3.8) is 0 Å². The second kappa shape index (κ2) is 4.25. The molecule has 2 aliphatic rings. The molecule has 1 saturated heterocycles. The zero-order chi connectivity index (χ0) is 12.6. The molecular weight excluding hydrogens is 226 g/mol. The Labute approximate surface area is 108 Å². The fraction of sp³-hybridized carbons (Fsp3) is 0.600. The fourth-order valence-corrected chi connectivity index (χ4v) is 2.47. The van der Waals surface area contributed by atoms with Gasteiger partial charge in [0.25, 0.3) is 0 Å². The zero-order valence-corrected chi connectivity index (χ0v) is 10.9. The van der Waals surface area contributed by atoms with Crippen LogP contribution < -0.4 is 10.5 Å². The third-order valence-corrected chi connectivity index (χ3v) is 4.18. The summed E-state index contributed by atoms with van der Waals surface area (Å²) in [6.07, 6.45) is 2.41. The summed E-state index contributed by atoms with van der Waals surface area (Å²) in [4.78, 5) is 0. The maximum absolute atomic E-state index is 5.90. The summed E-state index contributed by atoms with van der Waals surface area (Å²) in [5.41, 5.74) is 7.63. The van der Waals surface area contributed by atoms with Crippen LogP contribution in [0.3, 0.4) is 0 Å². The molecule has 3 nitrogen and oxygen atoms in total. The van der Waals surface area contributed by atoms with Gasteiger partial charge in [0.05, 0.1) is 19.8 Å². The van der Waals surface area contributed by atoms with Crippen molar-refractivity contribution in [1.29, 1.82) is 0 Å². The van der Waals surface area contributed by atoms with E-state index in [1.165, 1.54) is 18.4 Å². The Bertz CT molecular complexity index is 436. The Balaban J connectivity index is 1.67. The van der Waals surface area contributed by atoms with Crippen molar-refractivity contribution in [3.05, 3.63) is 29.8 Å². The van der Waals surface area contributed by atoms with Gasteiger partial charge in [-0.25, -0.2) is 0 Å². The Morgan fingerprint density at radius 3 is 2.67 bits per heavy atom. The van der Waals surface area contributed by atoms with Gasteiger partial charge in [-0.15, -0.1) is 0 Å². The Morgan fingerprint density at radius 2 is 2.11 bits per heavy atom. The summed E-state index contributed by atoms with van der Waals surface area (Å²) >= 11 is 0. The molecule has 2 fully saturated rings. The summed E-state index contributed by atoms with van der Waals surface area (Å²) in [5, 5.41) is 0. The van der Waals surface area contributed by atoms with Gasteiger partial charge in [0.2, 0.25) is 0 Å². The van der Waals surface area contributed by atoms with E-state index in [1.807, 2.05) is 6.07 Å². The lowest BCUT2D eigenvalue weighted by molar-refractivity contribution is -0.120. The van der Waals surface area contributed by atoms with Crippen LogP contribution >= 0.6 is 0 Å². The maximum Gasteiger partial charge on any atom is 0.119 e. The molecule has 0 unspecified atom stereocenters.